The van der Waals surface area contributed by atoms with Crippen LogP contribution in [-0.4, -0.2) is 10.5 Å². The molecule has 0 saturated heterocycles. The summed E-state index contributed by atoms with van der Waals surface area (Å²) >= 11 is 0. The van der Waals surface area contributed by atoms with Crippen LogP contribution in [0.3, 0.4) is 0 Å². The molecule has 102 valence electrons. The van der Waals surface area contributed by atoms with Crippen LogP contribution >= 0.6 is 0 Å². The molecule has 1 aromatic carbocycles. The molecule has 1 aliphatic rings. The first kappa shape index (κ1) is 12.7. The molecule has 3 heteroatoms. The summed E-state index contributed by atoms with van der Waals surface area (Å²) in [6, 6.07) is 10.1. The fourth-order valence-corrected chi connectivity index (χ4v) is 2.75. The first-order chi connectivity index (χ1) is 9.61. The Kier molecular flexibility index (Phi) is 2.97. The molecule has 0 aliphatic carbocycles. The van der Waals surface area contributed by atoms with Crippen molar-refractivity contribution in [2.45, 2.75) is 26.9 Å². The quantitative estimate of drug-likeness (QED) is 0.610. The number of hydrogen-bond donors (Lipinski definition) is 0. The summed E-state index contributed by atoms with van der Waals surface area (Å²) in [5, 5.41) is 0. The van der Waals surface area contributed by atoms with Crippen molar-refractivity contribution in [1.82, 2.24) is 4.57 Å². The third-order valence-electron chi connectivity index (χ3n) is 3.69. The van der Waals surface area contributed by atoms with Gasteiger partial charge in [-0.05, 0) is 57.2 Å². The number of nitrogens with zero attached hydrogens (tertiary/aromatic N) is 1. The number of fused-ring (bicyclic) bond motifs is 1. The number of carbonyl (C=O) groups is 1. The lowest BCUT2D eigenvalue weighted by Crippen LogP contribution is -2.01. The number of benzene rings is 1. The highest BCUT2D eigenvalue weighted by Gasteiger charge is 2.29. The molecule has 1 aromatic heterocycles. The van der Waals surface area contributed by atoms with Crippen molar-refractivity contribution in [3.05, 3.63) is 65.0 Å². The maximum atomic E-state index is 11.8. The van der Waals surface area contributed by atoms with Gasteiger partial charge in [0.05, 0.1) is 5.56 Å². The van der Waals surface area contributed by atoms with Gasteiger partial charge in [0.25, 0.3) is 0 Å². The lowest BCUT2D eigenvalue weighted by atomic mass is 10.0. The number of esters is 1. The summed E-state index contributed by atoms with van der Waals surface area (Å²) in [6.07, 6.45) is 3.55. The molecule has 0 fully saturated rings. The Hall–Kier alpha value is -2.29. The van der Waals surface area contributed by atoms with E-state index in [-0.39, 0.29) is 12.1 Å². The van der Waals surface area contributed by atoms with Gasteiger partial charge in [-0.1, -0.05) is 6.08 Å². The third-order valence-corrected chi connectivity index (χ3v) is 3.69. The fraction of sp³-hybridized carbons (Fsp3) is 0.235. The van der Waals surface area contributed by atoms with Gasteiger partial charge < -0.3 is 9.30 Å². The second-order valence-electron chi connectivity index (χ2n) is 5.07. The highest BCUT2D eigenvalue weighted by molar-refractivity contribution is 5.94. The van der Waals surface area contributed by atoms with E-state index >= 15 is 0 Å². The molecule has 0 saturated carbocycles. The largest absolute Gasteiger partial charge is 0.450 e. The van der Waals surface area contributed by atoms with E-state index in [9.17, 15) is 4.79 Å². The normalized spacial score (nSPS) is 17.6. The standard InChI is InChI=1S/C17H17NO2/c1-4-5-16-15-10-13(8-9-14(15)17(19)20-16)18-11(2)6-7-12(18)3/h4-10,16H,1-3H3. The lowest BCUT2D eigenvalue weighted by molar-refractivity contribution is 0.0467. The van der Waals surface area contributed by atoms with Gasteiger partial charge in [0.15, 0.2) is 0 Å². The molecular formula is C17H17NO2. The van der Waals surface area contributed by atoms with Gasteiger partial charge in [-0.3, -0.25) is 0 Å². The second-order valence-corrected chi connectivity index (χ2v) is 5.07. The molecule has 20 heavy (non-hydrogen) atoms. The lowest BCUT2D eigenvalue weighted by Gasteiger charge is -2.11. The number of carbonyl (C=O) groups excluding carboxylic acids is 1. The molecule has 1 unspecified atom stereocenters. The Bertz CT molecular complexity index is 690. The van der Waals surface area contributed by atoms with Crippen molar-refractivity contribution in [3.8, 4) is 5.69 Å². The monoisotopic (exact) mass is 267 g/mol. The Morgan fingerprint density at radius 3 is 2.50 bits per heavy atom. The molecule has 1 aliphatic heterocycles. The van der Waals surface area contributed by atoms with Gasteiger partial charge >= 0.3 is 5.97 Å². The van der Waals surface area contributed by atoms with Crippen molar-refractivity contribution in [1.29, 1.82) is 0 Å². The van der Waals surface area contributed by atoms with Crippen LogP contribution in [0.2, 0.25) is 0 Å². The number of cyclic esters (lactones) is 1. The van der Waals surface area contributed by atoms with Gasteiger partial charge in [-0.2, -0.15) is 0 Å². The topological polar surface area (TPSA) is 31.2 Å². The Morgan fingerprint density at radius 1 is 1.15 bits per heavy atom. The van der Waals surface area contributed by atoms with Crippen molar-refractivity contribution in [2.75, 3.05) is 0 Å². The SMILES string of the molecule is CC=CC1OC(=O)c2ccc(-n3c(C)ccc3C)cc21. The summed E-state index contributed by atoms with van der Waals surface area (Å²) in [6.45, 7) is 6.08. The molecular weight excluding hydrogens is 250 g/mol. The van der Waals surface area contributed by atoms with E-state index < -0.39 is 0 Å². The van der Waals surface area contributed by atoms with Gasteiger partial charge in [-0.25, -0.2) is 4.79 Å². The maximum Gasteiger partial charge on any atom is 0.339 e. The number of rotatable bonds is 2. The average Bonchev–Trinajstić information content (AvgIpc) is 2.91. The first-order valence-corrected chi connectivity index (χ1v) is 6.75. The molecule has 0 spiro atoms. The van der Waals surface area contributed by atoms with Gasteiger partial charge in [-0.15, -0.1) is 0 Å². The van der Waals surface area contributed by atoms with Crippen molar-refractivity contribution in [3.63, 3.8) is 0 Å². The van der Waals surface area contributed by atoms with Crippen LogP contribution in [-0.2, 0) is 4.74 Å². The third kappa shape index (κ3) is 1.86. The van der Waals surface area contributed by atoms with Gasteiger partial charge in [0.1, 0.15) is 6.10 Å². The minimum absolute atomic E-state index is 0.240. The minimum Gasteiger partial charge on any atom is -0.450 e. The maximum absolute atomic E-state index is 11.8. The van der Waals surface area contributed by atoms with E-state index in [0.717, 1.165) is 11.3 Å². The van der Waals surface area contributed by atoms with Gasteiger partial charge in [0, 0.05) is 22.6 Å². The molecule has 0 N–H and O–H groups in total. The molecule has 0 radical (unpaired) electrons. The minimum atomic E-state index is -0.265. The summed E-state index contributed by atoms with van der Waals surface area (Å²) in [5.41, 5.74) is 5.03. The van der Waals surface area contributed by atoms with Crippen LogP contribution < -0.4 is 0 Å². The second kappa shape index (κ2) is 4.67. The number of hydrogen-bond acceptors (Lipinski definition) is 2. The Balaban J connectivity index is 2.14. The summed E-state index contributed by atoms with van der Waals surface area (Å²) in [5.74, 6) is -0.240. The summed E-state index contributed by atoms with van der Waals surface area (Å²) in [4.78, 5) is 11.8. The summed E-state index contributed by atoms with van der Waals surface area (Å²) < 4.78 is 7.55. The van der Waals surface area contributed by atoms with E-state index in [0.29, 0.717) is 5.56 Å². The van der Waals surface area contributed by atoms with Crippen LogP contribution in [0.25, 0.3) is 5.69 Å². The molecule has 1 atom stereocenters. The average molecular weight is 267 g/mol. The zero-order chi connectivity index (χ0) is 14.3. The molecule has 2 heterocycles. The van der Waals surface area contributed by atoms with E-state index in [1.54, 1.807) is 0 Å². The van der Waals surface area contributed by atoms with Crippen LogP contribution in [0.1, 0.15) is 40.3 Å². The van der Waals surface area contributed by atoms with Gasteiger partial charge in [0.2, 0.25) is 0 Å². The first-order valence-electron chi connectivity index (χ1n) is 6.75. The van der Waals surface area contributed by atoms with E-state index in [4.69, 9.17) is 4.74 Å². The Morgan fingerprint density at radius 2 is 1.85 bits per heavy atom. The molecule has 2 aromatic rings. The van der Waals surface area contributed by atoms with Crippen molar-refractivity contribution < 1.29 is 9.53 Å². The number of aryl methyl sites for hydroxylation is 2. The smallest absolute Gasteiger partial charge is 0.339 e. The molecule has 0 bridgehead atoms. The molecule has 0 amide bonds. The highest BCUT2D eigenvalue weighted by atomic mass is 16.5. The summed E-state index contributed by atoms with van der Waals surface area (Å²) in [7, 11) is 0. The van der Waals surface area contributed by atoms with Crippen molar-refractivity contribution in [2.24, 2.45) is 0 Å². The van der Waals surface area contributed by atoms with E-state index in [2.05, 4.69) is 30.5 Å². The van der Waals surface area contributed by atoms with Crippen LogP contribution in [0.4, 0.5) is 0 Å². The molecule has 3 rings (SSSR count). The van der Waals surface area contributed by atoms with Crippen LogP contribution in [0, 0.1) is 13.8 Å². The van der Waals surface area contributed by atoms with Crippen LogP contribution in [0.15, 0.2) is 42.5 Å². The zero-order valence-electron chi connectivity index (χ0n) is 11.9. The molecule has 3 nitrogen and oxygen atoms in total. The number of ether oxygens (including phenoxy) is 1. The van der Waals surface area contributed by atoms with Crippen LogP contribution in [0.5, 0.6) is 0 Å². The predicted octanol–water partition coefficient (Wildman–Crippen LogP) is 3.88. The van der Waals surface area contributed by atoms with E-state index in [1.807, 2.05) is 37.3 Å². The number of allylic oxidation sites excluding steroid dienone is 1. The van der Waals surface area contributed by atoms with Crippen molar-refractivity contribution >= 4 is 5.97 Å². The predicted molar refractivity (Wildman–Crippen MR) is 78.2 cm³/mol. The highest BCUT2D eigenvalue weighted by Crippen LogP contribution is 2.33. The zero-order valence-corrected chi connectivity index (χ0v) is 11.9. The Labute approximate surface area is 118 Å². The number of aromatic nitrogens is 1. The fourth-order valence-electron chi connectivity index (χ4n) is 2.75. The van der Waals surface area contributed by atoms with E-state index in [1.165, 1.54) is 11.4 Å².